The average molecular weight is 726 g/mol. The zero-order chi connectivity index (χ0) is 37.9. The number of carbonyl (C=O) groups excluding carboxylic acids is 4. The number of carbonyl (C=O) groups is 4. The van der Waals surface area contributed by atoms with E-state index in [1.807, 2.05) is 84.9 Å². The first-order valence-corrected chi connectivity index (χ1v) is 18.1. The first-order valence-electron chi connectivity index (χ1n) is 18.1. The number of allylic oxidation sites excluding steroid dienone is 1. The molecule has 4 rings (SSSR count). The van der Waals surface area contributed by atoms with Crippen molar-refractivity contribution in [2.24, 2.45) is 5.92 Å². The van der Waals surface area contributed by atoms with Crippen molar-refractivity contribution in [3.63, 3.8) is 0 Å². The summed E-state index contributed by atoms with van der Waals surface area (Å²) < 4.78 is 16.9. The predicted octanol–water partition coefficient (Wildman–Crippen LogP) is 5.71. The maximum absolute atomic E-state index is 13.7. The smallest absolute Gasteiger partial charge is 0.408 e. The second-order valence-corrected chi connectivity index (χ2v) is 13.4. The summed E-state index contributed by atoms with van der Waals surface area (Å²) in [5, 5.41) is 18.5. The molecule has 0 spiro atoms. The highest BCUT2D eigenvalue weighted by atomic mass is 16.6. The van der Waals surface area contributed by atoms with Crippen LogP contribution < -0.4 is 20.7 Å². The summed E-state index contributed by atoms with van der Waals surface area (Å²) >= 11 is 0. The van der Waals surface area contributed by atoms with Crippen LogP contribution in [-0.4, -0.2) is 59.8 Å². The largest absolute Gasteiger partial charge is 0.489 e. The summed E-state index contributed by atoms with van der Waals surface area (Å²) in [7, 11) is 0. The molecule has 1 saturated carbocycles. The Hall–Kier alpha value is -5.42. The molecule has 0 aliphatic heterocycles. The summed E-state index contributed by atoms with van der Waals surface area (Å²) in [4.78, 5) is 52.6. The van der Waals surface area contributed by atoms with Crippen molar-refractivity contribution in [1.82, 2.24) is 16.0 Å². The summed E-state index contributed by atoms with van der Waals surface area (Å²) in [6.07, 6.45) is 5.99. The van der Waals surface area contributed by atoms with Gasteiger partial charge in [-0.3, -0.25) is 9.59 Å². The van der Waals surface area contributed by atoms with Gasteiger partial charge >= 0.3 is 12.1 Å². The first kappa shape index (κ1) is 40.4. The van der Waals surface area contributed by atoms with Gasteiger partial charge in [0.1, 0.15) is 31.6 Å². The lowest BCUT2D eigenvalue weighted by Gasteiger charge is -2.29. The van der Waals surface area contributed by atoms with E-state index in [1.165, 1.54) is 6.08 Å². The topological polar surface area (TPSA) is 152 Å². The van der Waals surface area contributed by atoms with E-state index in [4.69, 9.17) is 14.2 Å². The van der Waals surface area contributed by atoms with Gasteiger partial charge in [-0.05, 0) is 60.9 Å². The zero-order valence-electron chi connectivity index (χ0n) is 30.2. The minimum Gasteiger partial charge on any atom is -0.489 e. The highest BCUT2D eigenvalue weighted by Crippen LogP contribution is 2.29. The van der Waals surface area contributed by atoms with E-state index in [9.17, 15) is 24.3 Å². The van der Waals surface area contributed by atoms with Gasteiger partial charge < -0.3 is 35.3 Å². The molecule has 3 aromatic carbocycles. The molecule has 1 aliphatic rings. The molecule has 3 unspecified atom stereocenters. The Bertz CT molecular complexity index is 1630. The molecule has 0 saturated heterocycles. The van der Waals surface area contributed by atoms with E-state index in [1.54, 1.807) is 6.08 Å². The number of rotatable bonds is 21. The van der Waals surface area contributed by atoms with Gasteiger partial charge in [0.2, 0.25) is 11.8 Å². The molecule has 0 heterocycles. The Balaban J connectivity index is 1.42. The van der Waals surface area contributed by atoms with Crippen LogP contribution in [0.4, 0.5) is 4.79 Å². The SMILES string of the molecule is C=CCC(CC(=O)NC1(CO)CCCC1)C(=O)NC(COC(=O)C(CC=C)NC(=O)OCc1ccccc1)Cc1ccc(OCc2ccccc2)cc1. The van der Waals surface area contributed by atoms with Crippen molar-refractivity contribution in [3.8, 4) is 5.75 Å². The number of nitrogens with one attached hydrogen (secondary N) is 3. The van der Waals surface area contributed by atoms with E-state index >= 15 is 0 Å². The van der Waals surface area contributed by atoms with E-state index in [0.717, 1.165) is 29.5 Å². The number of aliphatic hydroxyl groups excluding tert-OH is 1. The number of benzene rings is 3. The monoisotopic (exact) mass is 725 g/mol. The molecule has 1 aliphatic carbocycles. The van der Waals surface area contributed by atoms with Crippen molar-refractivity contribution in [2.75, 3.05) is 13.2 Å². The fraction of sp³-hybridized carbons (Fsp3) is 0.381. The van der Waals surface area contributed by atoms with Crippen molar-refractivity contribution in [3.05, 3.63) is 127 Å². The Morgan fingerprint density at radius 1 is 0.774 bits per heavy atom. The van der Waals surface area contributed by atoms with Crippen LogP contribution in [-0.2, 0) is 43.5 Å². The number of hydrogen-bond acceptors (Lipinski definition) is 8. The second-order valence-electron chi connectivity index (χ2n) is 13.4. The van der Waals surface area contributed by atoms with Crippen LogP contribution in [0.3, 0.4) is 0 Å². The Labute approximate surface area is 311 Å². The first-order chi connectivity index (χ1) is 25.7. The van der Waals surface area contributed by atoms with Gasteiger partial charge in [0.25, 0.3) is 0 Å². The molecular formula is C42H51N3O8. The number of ether oxygens (including phenoxy) is 3. The van der Waals surface area contributed by atoms with Gasteiger partial charge in [-0.1, -0.05) is 97.8 Å². The third-order valence-corrected chi connectivity index (χ3v) is 9.14. The van der Waals surface area contributed by atoms with Crippen LogP contribution >= 0.6 is 0 Å². The van der Waals surface area contributed by atoms with Crippen LogP contribution in [0.1, 0.15) is 61.6 Å². The Morgan fingerprint density at radius 2 is 1.40 bits per heavy atom. The van der Waals surface area contributed by atoms with Crippen LogP contribution in [0.2, 0.25) is 0 Å². The lowest BCUT2D eigenvalue weighted by atomic mass is 9.95. The Morgan fingerprint density at radius 3 is 2.00 bits per heavy atom. The molecule has 3 amide bonds. The fourth-order valence-corrected chi connectivity index (χ4v) is 6.22. The van der Waals surface area contributed by atoms with Gasteiger partial charge in [0.05, 0.1) is 24.1 Å². The van der Waals surface area contributed by atoms with Gasteiger partial charge in [-0.15, -0.1) is 13.2 Å². The predicted molar refractivity (Wildman–Crippen MR) is 202 cm³/mol. The molecule has 11 heteroatoms. The minimum atomic E-state index is -1.07. The minimum absolute atomic E-state index is 0.0254. The molecule has 53 heavy (non-hydrogen) atoms. The summed E-state index contributed by atoms with van der Waals surface area (Å²) in [6.45, 7) is 7.53. The van der Waals surface area contributed by atoms with Crippen molar-refractivity contribution in [1.29, 1.82) is 0 Å². The number of alkyl carbamates (subject to hydrolysis) is 1. The van der Waals surface area contributed by atoms with Crippen molar-refractivity contribution in [2.45, 2.75) is 82.2 Å². The molecular weight excluding hydrogens is 674 g/mol. The maximum Gasteiger partial charge on any atom is 0.408 e. The zero-order valence-corrected chi connectivity index (χ0v) is 30.2. The molecule has 0 aromatic heterocycles. The average Bonchev–Trinajstić information content (AvgIpc) is 3.64. The van der Waals surface area contributed by atoms with E-state index in [0.29, 0.717) is 25.2 Å². The molecule has 0 bridgehead atoms. The maximum atomic E-state index is 13.7. The van der Waals surface area contributed by atoms with Gasteiger partial charge in [-0.25, -0.2) is 9.59 Å². The summed E-state index contributed by atoms with van der Waals surface area (Å²) in [6, 6.07) is 24.6. The summed E-state index contributed by atoms with van der Waals surface area (Å²) in [5.74, 6) is -1.53. The van der Waals surface area contributed by atoms with Crippen LogP contribution in [0.5, 0.6) is 5.75 Å². The number of hydrogen-bond donors (Lipinski definition) is 4. The van der Waals surface area contributed by atoms with Gasteiger partial charge in [0, 0.05) is 6.42 Å². The normalized spacial score (nSPS) is 14.8. The molecule has 11 nitrogen and oxygen atoms in total. The number of esters is 1. The number of aliphatic hydroxyl groups is 1. The van der Waals surface area contributed by atoms with E-state index < -0.39 is 41.5 Å². The molecule has 3 aromatic rings. The Kier molecular flexibility index (Phi) is 16.1. The molecule has 0 radical (unpaired) electrons. The van der Waals surface area contributed by atoms with Crippen LogP contribution in [0, 0.1) is 5.92 Å². The van der Waals surface area contributed by atoms with E-state index in [-0.39, 0.29) is 51.4 Å². The lowest BCUT2D eigenvalue weighted by Crippen LogP contribution is -2.50. The second kappa shape index (κ2) is 21.2. The third-order valence-electron chi connectivity index (χ3n) is 9.14. The summed E-state index contributed by atoms with van der Waals surface area (Å²) in [5.41, 5.74) is 2.00. The lowest BCUT2D eigenvalue weighted by molar-refractivity contribution is -0.147. The number of amides is 3. The van der Waals surface area contributed by atoms with Crippen molar-refractivity contribution >= 4 is 23.9 Å². The highest BCUT2D eigenvalue weighted by Gasteiger charge is 2.35. The highest BCUT2D eigenvalue weighted by molar-refractivity contribution is 5.86. The van der Waals surface area contributed by atoms with E-state index in [2.05, 4.69) is 29.1 Å². The fourth-order valence-electron chi connectivity index (χ4n) is 6.22. The quantitative estimate of drug-likeness (QED) is 0.0806. The third kappa shape index (κ3) is 13.6. The molecule has 282 valence electrons. The molecule has 3 atom stereocenters. The van der Waals surface area contributed by atoms with Gasteiger partial charge in [0.15, 0.2) is 0 Å². The van der Waals surface area contributed by atoms with Crippen molar-refractivity contribution < 1.29 is 38.5 Å². The van der Waals surface area contributed by atoms with Gasteiger partial charge in [-0.2, -0.15) is 0 Å². The van der Waals surface area contributed by atoms with Crippen LogP contribution in [0.25, 0.3) is 0 Å². The molecule has 4 N–H and O–H groups in total. The standard InChI is InChI=1S/C42H51N3O8/c1-3-13-34(26-38(47)45-42(30-46)23-11-12-24-42)39(48)43-35(25-31-19-21-36(22-20-31)51-27-32-15-7-5-8-16-32)29-52-40(49)37(14-4-2)44-41(50)53-28-33-17-9-6-10-18-33/h3-10,15-22,34-35,37,46H,1-2,11-14,23-30H2,(H,43,48)(H,44,50)(H,45,47). The molecule has 1 fully saturated rings. The van der Waals surface area contributed by atoms with Crippen LogP contribution in [0.15, 0.2) is 110 Å².